The first-order valence-electron chi connectivity index (χ1n) is 8.98. The van der Waals surface area contributed by atoms with E-state index in [1.54, 1.807) is 0 Å². The van der Waals surface area contributed by atoms with Gasteiger partial charge >= 0.3 is 0 Å². The molecular formula is C23H22ClNOS. The van der Waals surface area contributed by atoms with E-state index in [0.717, 1.165) is 23.3 Å². The van der Waals surface area contributed by atoms with Gasteiger partial charge in [0.05, 0.1) is 0 Å². The van der Waals surface area contributed by atoms with Crippen LogP contribution in [-0.4, -0.2) is 4.99 Å². The minimum atomic E-state index is 0.424. The van der Waals surface area contributed by atoms with Gasteiger partial charge in [-0.15, -0.1) is 0 Å². The molecule has 0 heterocycles. The lowest BCUT2D eigenvalue weighted by atomic mass is 10.1. The van der Waals surface area contributed by atoms with Crippen molar-refractivity contribution in [3.8, 4) is 5.75 Å². The summed E-state index contributed by atoms with van der Waals surface area (Å²) < 4.78 is 5.88. The van der Waals surface area contributed by atoms with Crippen molar-refractivity contribution in [3.63, 3.8) is 0 Å². The maximum Gasteiger partial charge on any atom is 0.120 e. The van der Waals surface area contributed by atoms with Crippen LogP contribution in [0.15, 0.2) is 72.8 Å². The fraction of sp³-hybridized carbons (Fsp3) is 0.174. The summed E-state index contributed by atoms with van der Waals surface area (Å²) in [5.74, 6) is 0.767. The molecule has 0 spiro atoms. The number of halogens is 1. The van der Waals surface area contributed by atoms with Gasteiger partial charge in [-0.05, 0) is 35.7 Å². The summed E-state index contributed by atoms with van der Waals surface area (Å²) >= 11 is 11.7. The SMILES string of the molecule is CCc1ccc(CNC(=S)c2cccc(OCc3ccccc3Cl)c2)cc1. The maximum absolute atomic E-state index is 6.18. The molecule has 0 saturated heterocycles. The Morgan fingerprint density at radius 2 is 1.70 bits per heavy atom. The highest BCUT2D eigenvalue weighted by Crippen LogP contribution is 2.19. The quantitative estimate of drug-likeness (QED) is 0.499. The molecule has 0 fully saturated rings. The van der Waals surface area contributed by atoms with Crippen LogP contribution < -0.4 is 10.1 Å². The number of ether oxygens (including phenoxy) is 1. The summed E-state index contributed by atoms with van der Waals surface area (Å²) in [4.78, 5) is 0.706. The molecule has 2 nitrogen and oxygen atoms in total. The molecule has 3 aromatic carbocycles. The van der Waals surface area contributed by atoms with Gasteiger partial charge in [0.25, 0.3) is 0 Å². The van der Waals surface area contributed by atoms with Crippen LogP contribution in [0, 0.1) is 0 Å². The smallest absolute Gasteiger partial charge is 0.120 e. The minimum absolute atomic E-state index is 0.424. The van der Waals surface area contributed by atoms with Crippen molar-refractivity contribution in [1.82, 2.24) is 5.32 Å². The van der Waals surface area contributed by atoms with E-state index in [-0.39, 0.29) is 0 Å². The van der Waals surface area contributed by atoms with Gasteiger partial charge < -0.3 is 10.1 Å². The minimum Gasteiger partial charge on any atom is -0.489 e. The van der Waals surface area contributed by atoms with E-state index >= 15 is 0 Å². The molecule has 0 unspecified atom stereocenters. The van der Waals surface area contributed by atoms with Gasteiger partial charge in [-0.25, -0.2) is 0 Å². The lowest BCUT2D eigenvalue weighted by Crippen LogP contribution is -2.21. The lowest BCUT2D eigenvalue weighted by molar-refractivity contribution is 0.306. The highest BCUT2D eigenvalue weighted by molar-refractivity contribution is 7.80. The fourth-order valence-electron chi connectivity index (χ4n) is 2.68. The Kier molecular flexibility index (Phi) is 6.86. The van der Waals surface area contributed by atoms with E-state index in [4.69, 9.17) is 28.6 Å². The second-order valence-electron chi connectivity index (χ2n) is 6.26. The highest BCUT2D eigenvalue weighted by Gasteiger charge is 2.05. The second kappa shape index (κ2) is 9.54. The Bertz CT molecular complexity index is 908. The Hall–Kier alpha value is -2.36. The summed E-state index contributed by atoms with van der Waals surface area (Å²) in [6, 6.07) is 24.1. The number of nitrogens with one attached hydrogen (secondary N) is 1. The molecular weight excluding hydrogens is 374 g/mol. The molecule has 0 aliphatic rings. The molecule has 0 aromatic heterocycles. The van der Waals surface area contributed by atoms with Gasteiger partial charge in [0.1, 0.15) is 17.3 Å². The van der Waals surface area contributed by atoms with E-state index in [9.17, 15) is 0 Å². The molecule has 0 saturated carbocycles. The van der Waals surface area contributed by atoms with Gasteiger partial charge in [0.2, 0.25) is 0 Å². The van der Waals surface area contributed by atoms with Crippen LogP contribution in [-0.2, 0) is 19.6 Å². The van der Waals surface area contributed by atoms with E-state index in [1.807, 2.05) is 48.5 Å². The molecule has 4 heteroatoms. The van der Waals surface area contributed by atoms with E-state index in [1.165, 1.54) is 11.1 Å². The van der Waals surface area contributed by atoms with Crippen LogP contribution in [0.25, 0.3) is 0 Å². The topological polar surface area (TPSA) is 21.3 Å². The van der Waals surface area contributed by atoms with Crippen LogP contribution in [0.3, 0.4) is 0 Å². The standard InChI is InChI=1S/C23H22ClNOS/c1-2-17-10-12-18(13-11-17)15-25-23(27)19-7-5-8-21(14-19)26-16-20-6-3-4-9-22(20)24/h3-14H,2,15-16H2,1H3,(H,25,27). The molecule has 0 amide bonds. The molecule has 0 bridgehead atoms. The van der Waals surface area contributed by atoms with Crippen LogP contribution in [0.5, 0.6) is 5.75 Å². The number of aryl methyl sites for hydroxylation is 1. The predicted octanol–water partition coefficient (Wildman–Crippen LogP) is 5.95. The van der Waals surface area contributed by atoms with Crippen molar-refractivity contribution >= 4 is 28.8 Å². The summed E-state index contributed by atoms with van der Waals surface area (Å²) in [5, 5.41) is 4.03. The summed E-state index contributed by atoms with van der Waals surface area (Å²) in [6.45, 7) is 3.28. The molecule has 138 valence electrons. The number of hydrogen-bond donors (Lipinski definition) is 1. The Morgan fingerprint density at radius 1 is 0.963 bits per heavy atom. The largest absolute Gasteiger partial charge is 0.489 e. The van der Waals surface area contributed by atoms with E-state index < -0.39 is 0 Å². The molecule has 0 radical (unpaired) electrons. The van der Waals surface area contributed by atoms with Gasteiger partial charge in [-0.3, -0.25) is 0 Å². The molecule has 3 rings (SSSR count). The van der Waals surface area contributed by atoms with Gasteiger partial charge in [-0.1, -0.05) is 85.3 Å². The van der Waals surface area contributed by atoms with E-state index in [0.29, 0.717) is 23.2 Å². The molecule has 1 N–H and O–H groups in total. The summed E-state index contributed by atoms with van der Waals surface area (Å²) in [7, 11) is 0. The first kappa shape index (κ1) is 19.4. The first-order valence-corrected chi connectivity index (χ1v) is 9.76. The number of rotatable bonds is 7. The van der Waals surface area contributed by atoms with Crippen LogP contribution in [0.1, 0.15) is 29.2 Å². The highest BCUT2D eigenvalue weighted by atomic mass is 35.5. The molecule has 0 aliphatic carbocycles. The zero-order chi connectivity index (χ0) is 19.1. The maximum atomic E-state index is 6.18. The van der Waals surface area contributed by atoms with Crippen molar-refractivity contribution in [2.75, 3.05) is 0 Å². The normalized spacial score (nSPS) is 10.4. The van der Waals surface area contributed by atoms with Crippen molar-refractivity contribution in [2.24, 2.45) is 0 Å². The lowest BCUT2D eigenvalue weighted by Gasteiger charge is -2.11. The third-order valence-electron chi connectivity index (χ3n) is 4.33. The van der Waals surface area contributed by atoms with Crippen LogP contribution >= 0.6 is 23.8 Å². The molecule has 0 aliphatic heterocycles. The monoisotopic (exact) mass is 395 g/mol. The van der Waals surface area contributed by atoms with Crippen molar-refractivity contribution in [1.29, 1.82) is 0 Å². The number of hydrogen-bond acceptors (Lipinski definition) is 2. The number of thiocarbonyl (C=S) groups is 1. The van der Waals surface area contributed by atoms with Crippen LogP contribution in [0.4, 0.5) is 0 Å². The van der Waals surface area contributed by atoms with Crippen molar-refractivity contribution < 1.29 is 4.74 Å². The zero-order valence-corrected chi connectivity index (χ0v) is 16.8. The molecule has 3 aromatic rings. The van der Waals surface area contributed by atoms with Crippen molar-refractivity contribution in [3.05, 3.63) is 100 Å². The summed E-state index contributed by atoms with van der Waals surface area (Å²) in [5.41, 5.74) is 4.44. The Morgan fingerprint density at radius 3 is 2.44 bits per heavy atom. The Labute approximate surface area is 171 Å². The fourth-order valence-corrected chi connectivity index (χ4v) is 3.07. The molecule has 0 atom stereocenters. The van der Waals surface area contributed by atoms with Gasteiger partial charge in [-0.2, -0.15) is 0 Å². The van der Waals surface area contributed by atoms with Gasteiger partial charge in [0, 0.05) is 22.7 Å². The average Bonchev–Trinajstić information content (AvgIpc) is 2.72. The average molecular weight is 396 g/mol. The molecule has 27 heavy (non-hydrogen) atoms. The number of benzene rings is 3. The van der Waals surface area contributed by atoms with Crippen molar-refractivity contribution in [2.45, 2.75) is 26.5 Å². The van der Waals surface area contributed by atoms with E-state index in [2.05, 4.69) is 36.5 Å². The predicted molar refractivity (Wildman–Crippen MR) is 117 cm³/mol. The third-order valence-corrected chi connectivity index (χ3v) is 5.08. The zero-order valence-electron chi connectivity index (χ0n) is 15.2. The first-order chi connectivity index (χ1) is 13.2. The third kappa shape index (κ3) is 5.56. The summed E-state index contributed by atoms with van der Waals surface area (Å²) in [6.07, 6.45) is 1.05. The Balaban J connectivity index is 1.58. The second-order valence-corrected chi connectivity index (χ2v) is 7.08. The van der Waals surface area contributed by atoms with Crippen LogP contribution in [0.2, 0.25) is 5.02 Å². The van der Waals surface area contributed by atoms with Gasteiger partial charge in [0.15, 0.2) is 0 Å².